The molecule has 3 amide bonds. The number of carbonyl (C=O) groups excluding carboxylic acids is 2. The zero-order valence-electron chi connectivity index (χ0n) is 9.96. The Labute approximate surface area is 109 Å². The number of carbonyl (C=O) groups is 2. The van der Waals surface area contributed by atoms with Gasteiger partial charge in [0.1, 0.15) is 5.70 Å². The second kappa shape index (κ2) is 4.45. The first-order valence-corrected chi connectivity index (χ1v) is 5.81. The summed E-state index contributed by atoms with van der Waals surface area (Å²) in [5.41, 5.74) is 2.06. The van der Waals surface area contributed by atoms with E-state index in [1.807, 2.05) is 53.2 Å². The Balaban J connectivity index is 2.00. The van der Waals surface area contributed by atoms with Gasteiger partial charge >= 0.3 is 6.03 Å². The van der Waals surface area contributed by atoms with Crippen molar-refractivity contribution in [3.8, 4) is 5.69 Å². The van der Waals surface area contributed by atoms with Crippen LogP contribution in [0.15, 0.2) is 54.4 Å². The van der Waals surface area contributed by atoms with Gasteiger partial charge in [-0.15, -0.1) is 0 Å². The highest BCUT2D eigenvalue weighted by Gasteiger charge is 2.23. The molecule has 1 aliphatic rings. The zero-order chi connectivity index (χ0) is 13.2. The fourth-order valence-corrected chi connectivity index (χ4v) is 1.97. The highest BCUT2D eigenvalue weighted by molar-refractivity contribution is 6.13. The second-order valence-electron chi connectivity index (χ2n) is 4.10. The number of rotatable bonds is 2. The van der Waals surface area contributed by atoms with E-state index < -0.39 is 11.9 Å². The molecule has 0 atom stereocenters. The Morgan fingerprint density at radius 1 is 0.947 bits per heavy atom. The molecule has 94 valence electrons. The Hall–Kier alpha value is -2.82. The monoisotopic (exact) mass is 253 g/mol. The van der Waals surface area contributed by atoms with Crippen LogP contribution in [0.2, 0.25) is 0 Å². The molecule has 5 heteroatoms. The fourth-order valence-electron chi connectivity index (χ4n) is 1.97. The van der Waals surface area contributed by atoms with E-state index in [1.165, 1.54) is 0 Å². The summed E-state index contributed by atoms with van der Waals surface area (Å²) in [6, 6.07) is 13.0. The van der Waals surface area contributed by atoms with Gasteiger partial charge < -0.3 is 9.88 Å². The molecule has 0 saturated carbocycles. The summed E-state index contributed by atoms with van der Waals surface area (Å²) in [4.78, 5) is 22.5. The SMILES string of the molecule is O=C1NC(=O)C(=Cc2cccn2-c2ccccc2)N1. The summed E-state index contributed by atoms with van der Waals surface area (Å²) >= 11 is 0. The number of para-hydroxylation sites is 1. The van der Waals surface area contributed by atoms with Crippen LogP contribution in [0.4, 0.5) is 4.79 Å². The lowest BCUT2D eigenvalue weighted by Crippen LogP contribution is -2.22. The Morgan fingerprint density at radius 3 is 2.42 bits per heavy atom. The normalized spacial score (nSPS) is 16.5. The predicted molar refractivity (Wildman–Crippen MR) is 70.4 cm³/mol. The number of hydrogen-bond donors (Lipinski definition) is 2. The summed E-state index contributed by atoms with van der Waals surface area (Å²) < 4.78 is 1.94. The van der Waals surface area contributed by atoms with Crippen LogP contribution in [0, 0.1) is 0 Å². The van der Waals surface area contributed by atoms with E-state index in [2.05, 4.69) is 10.6 Å². The molecule has 0 radical (unpaired) electrons. The number of nitrogens with one attached hydrogen (secondary N) is 2. The van der Waals surface area contributed by atoms with Crippen LogP contribution in [-0.4, -0.2) is 16.5 Å². The minimum atomic E-state index is -0.492. The van der Waals surface area contributed by atoms with Crippen LogP contribution in [0.25, 0.3) is 11.8 Å². The Bertz CT molecular complexity index is 671. The number of benzene rings is 1. The fraction of sp³-hybridized carbons (Fsp3) is 0. The van der Waals surface area contributed by atoms with Crippen molar-refractivity contribution in [3.05, 3.63) is 60.1 Å². The van der Waals surface area contributed by atoms with Gasteiger partial charge in [-0.05, 0) is 30.3 Å². The van der Waals surface area contributed by atoms with Crippen molar-refractivity contribution in [2.45, 2.75) is 0 Å². The van der Waals surface area contributed by atoms with Crippen LogP contribution in [0.1, 0.15) is 5.69 Å². The van der Waals surface area contributed by atoms with E-state index in [1.54, 1.807) is 6.08 Å². The molecule has 1 fully saturated rings. The van der Waals surface area contributed by atoms with Crippen molar-refractivity contribution in [1.29, 1.82) is 0 Å². The first-order chi connectivity index (χ1) is 9.24. The number of amides is 3. The van der Waals surface area contributed by atoms with Crippen molar-refractivity contribution in [2.75, 3.05) is 0 Å². The van der Waals surface area contributed by atoms with E-state index in [-0.39, 0.29) is 5.70 Å². The van der Waals surface area contributed by atoms with Crippen LogP contribution >= 0.6 is 0 Å². The van der Waals surface area contributed by atoms with Crippen molar-refractivity contribution in [3.63, 3.8) is 0 Å². The lowest BCUT2D eigenvalue weighted by molar-refractivity contribution is -0.115. The number of nitrogens with zero attached hydrogens (tertiary/aromatic N) is 1. The number of imide groups is 1. The van der Waals surface area contributed by atoms with Crippen molar-refractivity contribution in [2.24, 2.45) is 0 Å². The second-order valence-corrected chi connectivity index (χ2v) is 4.10. The van der Waals surface area contributed by atoms with E-state index in [0.29, 0.717) is 0 Å². The number of hydrogen-bond acceptors (Lipinski definition) is 2. The predicted octanol–water partition coefficient (Wildman–Crippen LogP) is 1.66. The summed E-state index contributed by atoms with van der Waals surface area (Å²) in [7, 11) is 0. The zero-order valence-corrected chi connectivity index (χ0v) is 9.96. The average Bonchev–Trinajstić information content (AvgIpc) is 2.98. The van der Waals surface area contributed by atoms with Crippen LogP contribution in [-0.2, 0) is 4.79 Å². The lowest BCUT2D eigenvalue weighted by atomic mass is 10.3. The summed E-state index contributed by atoms with van der Waals surface area (Å²) in [6.07, 6.45) is 3.55. The standard InChI is InChI=1S/C14H11N3O2/c18-13-12(15-14(19)16-13)9-11-7-4-8-17(11)10-5-2-1-3-6-10/h1-9H,(H2,15,16,18,19). The molecule has 1 aromatic heterocycles. The van der Waals surface area contributed by atoms with E-state index >= 15 is 0 Å². The maximum absolute atomic E-state index is 11.5. The van der Waals surface area contributed by atoms with Crippen LogP contribution in [0.5, 0.6) is 0 Å². The van der Waals surface area contributed by atoms with E-state index in [4.69, 9.17) is 0 Å². The van der Waals surface area contributed by atoms with Gasteiger partial charge in [-0.1, -0.05) is 18.2 Å². The minimum Gasteiger partial charge on any atom is -0.317 e. The van der Waals surface area contributed by atoms with E-state index in [0.717, 1.165) is 11.4 Å². The smallest absolute Gasteiger partial charge is 0.317 e. The number of aromatic nitrogens is 1. The van der Waals surface area contributed by atoms with Gasteiger partial charge in [0.15, 0.2) is 0 Å². The molecule has 0 aliphatic carbocycles. The number of urea groups is 1. The molecule has 19 heavy (non-hydrogen) atoms. The third-order valence-corrected chi connectivity index (χ3v) is 2.83. The molecule has 0 spiro atoms. The molecule has 0 bridgehead atoms. The van der Waals surface area contributed by atoms with Gasteiger partial charge in [0.05, 0.1) is 0 Å². The molecule has 3 rings (SSSR count). The van der Waals surface area contributed by atoms with Gasteiger partial charge in [-0.3, -0.25) is 10.1 Å². The Morgan fingerprint density at radius 2 is 1.74 bits per heavy atom. The quantitative estimate of drug-likeness (QED) is 0.631. The highest BCUT2D eigenvalue weighted by atomic mass is 16.2. The summed E-state index contributed by atoms with van der Waals surface area (Å²) in [5.74, 6) is -0.411. The lowest BCUT2D eigenvalue weighted by Gasteiger charge is -2.06. The topological polar surface area (TPSA) is 63.1 Å². The molecule has 1 aromatic carbocycles. The molecule has 0 unspecified atom stereocenters. The van der Waals surface area contributed by atoms with Crippen molar-refractivity contribution in [1.82, 2.24) is 15.2 Å². The molecular weight excluding hydrogens is 242 g/mol. The third kappa shape index (κ3) is 2.13. The van der Waals surface area contributed by atoms with Crippen molar-refractivity contribution >= 4 is 18.0 Å². The molecule has 2 N–H and O–H groups in total. The van der Waals surface area contributed by atoms with Crippen LogP contribution in [0.3, 0.4) is 0 Å². The molecule has 2 heterocycles. The largest absolute Gasteiger partial charge is 0.326 e. The van der Waals surface area contributed by atoms with Gasteiger partial charge in [-0.25, -0.2) is 4.79 Å². The van der Waals surface area contributed by atoms with Crippen molar-refractivity contribution < 1.29 is 9.59 Å². The van der Waals surface area contributed by atoms with Gasteiger partial charge in [-0.2, -0.15) is 0 Å². The maximum Gasteiger partial charge on any atom is 0.326 e. The highest BCUT2D eigenvalue weighted by Crippen LogP contribution is 2.15. The Kier molecular flexibility index (Phi) is 2.64. The summed E-state index contributed by atoms with van der Waals surface area (Å²) in [5, 5.41) is 4.64. The summed E-state index contributed by atoms with van der Waals surface area (Å²) in [6.45, 7) is 0. The molecule has 1 aliphatic heterocycles. The molecule has 5 nitrogen and oxygen atoms in total. The van der Waals surface area contributed by atoms with Gasteiger partial charge in [0, 0.05) is 17.6 Å². The molecule has 2 aromatic rings. The molecule has 1 saturated heterocycles. The van der Waals surface area contributed by atoms with Gasteiger partial charge in [0.2, 0.25) is 0 Å². The van der Waals surface area contributed by atoms with Gasteiger partial charge in [0.25, 0.3) is 5.91 Å². The third-order valence-electron chi connectivity index (χ3n) is 2.83. The first kappa shape index (κ1) is 11.3. The average molecular weight is 253 g/mol. The first-order valence-electron chi connectivity index (χ1n) is 5.81. The minimum absolute atomic E-state index is 0.251. The van der Waals surface area contributed by atoms with E-state index in [9.17, 15) is 9.59 Å². The van der Waals surface area contributed by atoms with Crippen LogP contribution < -0.4 is 10.6 Å². The maximum atomic E-state index is 11.5. The molecular formula is C14H11N3O2.